The minimum absolute atomic E-state index is 0.238. The topological polar surface area (TPSA) is 0 Å². The molecule has 1 aliphatic rings. The molecule has 0 radical (unpaired) electrons. The lowest BCUT2D eigenvalue weighted by atomic mass is 9.81. The van der Waals surface area contributed by atoms with Crippen molar-refractivity contribution in [3.63, 3.8) is 0 Å². The highest BCUT2D eigenvalue weighted by molar-refractivity contribution is 5.21. The zero-order valence-electron chi connectivity index (χ0n) is 9.17. The lowest BCUT2D eigenvalue weighted by molar-refractivity contribution is 0.509. The molecule has 0 saturated heterocycles. The van der Waals surface area contributed by atoms with Gasteiger partial charge in [-0.25, -0.2) is 0 Å². The van der Waals surface area contributed by atoms with Gasteiger partial charge in [0, 0.05) is 5.41 Å². The van der Waals surface area contributed by atoms with Crippen molar-refractivity contribution >= 4 is 0 Å². The summed E-state index contributed by atoms with van der Waals surface area (Å²) in [4.78, 5) is 0. The molecule has 0 aromatic carbocycles. The molecule has 0 heterocycles. The molecule has 0 amide bonds. The van der Waals surface area contributed by atoms with Gasteiger partial charge in [-0.05, 0) is 11.8 Å². The van der Waals surface area contributed by atoms with Crippen molar-refractivity contribution in [2.24, 2.45) is 10.8 Å². The van der Waals surface area contributed by atoms with E-state index in [-0.39, 0.29) is 10.8 Å². The number of allylic oxidation sites excluding steroid dienone is 6. The molecule has 13 heavy (non-hydrogen) atoms. The largest absolute Gasteiger partial charge is 0.0834 e. The molecule has 0 heteroatoms. The van der Waals surface area contributed by atoms with Crippen LogP contribution in [0.5, 0.6) is 0 Å². The van der Waals surface area contributed by atoms with Crippen molar-refractivity contribution in [3.8, 4) is 0 Å². The van der Waals surface area contributed by atoms with E-state index in [1.165, 1.54) is 0 Å². The average Bonchev–Trinajstić information content (AvgIpc) is 2.02. The van der Waals surface area contributed by atoms with E-state index in [0.29, 0.717) is 0 Å². The van der Waals surface area contributed by atoms with Crippen LogP contribution in [0.3, 0.4) is 0 Å². The summed E-state index contributed by atoms with van der Waals surface area (Å²) in [6, 6.07) is 0. The smallest absolute Gasteiger partial charge is 0.00705 e. The predicted octanol–water partition coefficient (Wildman–Crippen LogP) is 4.11. The summed E-state index contributed by atoms with van der Waals surface area (Å²) in [5.41, 5.74) is 0.528. The Morgan fingerprint density at radius 1 is 1.23 bits per heavy atom. The lowest BCUT2D eigenvalue weighted by Gasteiger charge is -2.24. The normalized spacial score (nSPS) is 28.6. The maximum Gasteiger partial charge on any atom is 0.00705 e. The molecule has 72 valence electrons. The van der Waals surface area contributed by atoms with Gasteiger partial charge in [-0.15, -0.1) is 0 Å². The molecule has 0 bridgehead atoms. The Hall–Kier alpha value is -0.780. The van der Waals surface area contributed by atoms with Gasteiger partial charge in [-0.1, -0.05) is 64.2 Å². The van der Waals surface area contributed by atoms with Crippen LogP contribution in [0.25, 0.3) is 0 Å². The Balaban J connectivity index is 2.68. The van der Waals surface area contributed by atoms with E-state index in [4.69, 9.17) is 0 Å². The van der Waals surface area contributed by atoms with E-state index in [1.54, 1.807) is 0 Å². The van der Waals surface area contributed by atoms with Crippen molar-refractivity contribution in [1.29, 1.82) is 0 Å². The highest BCUT2D eigenvalue weighted by Gasteiger charge is 2.17. The summed E-state index contributed by atoms with van der Waals surface area (Å²) >= 11 is 0. The van der Waals surface area contributed by atoms with Crippen molar-refractivity contribution in [2.45, 2.75) is 34.1 Å². The van der Waals surface area contributed by atoms with Crippen LogP contribution in [0.4, 0.5) is 0 Å². The van der Waals surface area contributed by atoms with Crippen LogP contribution < -0.4 is 0 Å². The summed E-state index contributed by atoms with van der Waals surface area (Å²) in [6.07, 6.45) is 14.5. The van der Waals surface area contributed by atoms with Crippen molar-refractivity contribution in [1.82, 2.24) is 0 Å². The number of hydrogen-bond donors (Lipinski definition) is 0. The molecule has 1 unspecified atom stereocenters. The van der Waals surface area contributed by atoms with Crippen molar-refractivity contribution < 1.29 is 0 Å². The summed E-state index contributed by atoms with van der Waals surface area (Å²) in [6.45, 7) is 8.97. The molecule has 0 fully saturated rings. The summed E-state index contributed by atoms with van der Waals surface area (Å²) in [7, 11) is 0. The van der Waals surface area contributed by atoms with E-state index in [0.717, 1.165) is 6.42 Å². The molecule has 0 aliphatic heterocycles. The molecule has 0 N–H and O–H groups in total. The second-order valence-corrected chi connectivity index (χ2v) is 5.20. The molecule has 0 aromatic rings. The van der Waals surface area contributed by atoms with Crippen molar-refractivity contribution in [2.75, 3.05) is 0 Å². The molecular formula is C13H20. The molecule has 0 aromatic heterocycles. The van der Waals surface area contributed by atoms with E-state index in [1.807, 2.05) is 0 Å². The van der Waals surface area contributed by atoms with Gasteiger partial charge in [-0.3, -0.25) is 0 Å². The fraction of sp³-hybridized carbons (Fsp3) is 0.538. The average molecular weight is 176 g/mol. The van der Waals surface area contributed by atoms with Gasteiger partial charge in [0.15, 0.2) is 0 Å². The van der Waals surface area contributed by atoms with Gasteiger partial charge in [0.05, 0.1) is 0 Å². The molecule has 0 saturated carbocycles. The third-order valence-electron chi connectivity index (χ3n) is 2.25. The van der Waals surface area contributed by atoms with Crippen LogP contribution in [0.1, 0.15) is 34.1 Å². The van der Waals surface area contributed by atoms with E-state index >= 15 is 0 Å². The second-order valence-electron chi connectivity index (χ2n) is 5.20. The molecular weight excluding hydrogens is 156 g/mol. The monoisotopic (exact) mass is 176 g/mol. The molecule has 1 rings (SSSR count). The summed E-state index contributed by atoms with van der Waals surface area (Å²) < 4.78 is 0. The van der Waals surface area contributed by atoms with Crippen molar-refractivity contribution in [3.05, 3.63) is 36.5 Å². The first-order chi connectivity index (χ1) is 5.91. The minimum Gasteiger partial charge on any atom is -0.0834 e. The third kappa shape index (κ3) is 3.63. The van der Waals surface area contributed by atoms with Crippen LogP contribution in [0.15, 0.2) is 36.5 Å². The Kier molecular flexibility index (Phi) is 2.80. The van der Waals surface area contributed by atoms with Gasteiger partial charge in [0.25, 0.3) is 0 Å². The summed E-state index contributed by atoms with van der Waals surface area (Å²) in [5, 5.41) is 0. The maximum absolute atomic E-state index is 2.33. The van der Waals surface area contributed by atoms with Crippen LogP contribution in [-0.2, 0) is 0 Å². The van der Waals surface area contributed by atoms with Crippen LogP contribution in [0, 0.1) is 10.8 Å². The molecule has 0 nitrogen and oxygen atoms in total. The Labute approximate surface area is 82.0 Å². The Morgan fingerprint density at radius 3 is 2.38 bits per heavy atom. The molecule has 1 aliphatic carbocycles. The zero-order chi connectivity index (χ0) is 9.95. The van der Waals surface area contributed by atoms with E-state index < -0.39 is 0 Å². The second kappa shape index (κ2) is 3.53. The summed E-state index contributed by atoms with van der Waals surface area (Å²) in [5.74, 6) is 0. The zero-order valence-corrected chi connectivity index (χ0v) is 9.17. The number of hydrogen-bond acceptors (Lipinski definition) is 0. The Bertz CT molecular complexity index is 248. The highest BCUT2D eigenvalue weighted by Crippen LogP contribution is 2.30. The first kappa shape index (κ1) is 10.3. The SMILES string of the molecule is CC(C)(C)C=CC1(C)C=CC=CC1. The van der Waals surface area contributed by atoms with Crippen LogP contribution in [0.2, 0.25) is 0 Å². The van der Waals surface area contributed by atoms with E-state index in [9.17, 15) is 0 Å². The molecule has 1 atom stereocenters. The van der Waals surface area contributed by atoms with Gasteiger partial charge in [-0.2, -0.15) is 0 Å². The first-order valence-electron chi connectivity index (χ1n) is 4.96. The number of rotatable bonds is 1. The standard InChI is InChI=1S/C13H20/c1-12(2,3)10-11-13(4)8-6-5-7-9-13/h5-8,10-11H,9H2,1-4H3. The van der Waals surface area contributed by atoms with Crippen LogP contribution >= 0.6 is 0 Å². The molecule has 0 spiro atoms. The quantitative estimate of drug-likeness (QED) is 0.527. The first-order valence-corrected chi connectivity index (χ1v) is 4.96. The predicted molar refractivity (Wildman–Crippen MR) is 59.6 cm³/mol. The van der Waals surface area contributed by atoms with Gasteiger partial charge in [0.1, 0.15) is 0 Å². The lowest BCUT2D eigenvalue weighted by Crippen LogP contribution is -2.11. The fourth-order valence-electron chi connectivity index (χ4n) is 1.31. The van der Waals surface area contributed by atoms with Crippen LogP contribution in [-0.4, -0.2) is 0 Å². The third-order valence-corrected chi connectivity index (χ3v) is 2.25. The van der Waals surface area contributed by atoms with E-state index in [2.05, 4.69) is 64.2 Å². The highest BCUT2D eigenvalue weighted by atomic mass is 14.2. The van der Waals surface area contributed by atoms with Gasteiger partial charge in [0.2, 0.25) is 0 Å². The van der Waals surface area contributed by atoms with Gasteiger partial charge >= 0.3 is 0 Å². The minimum atomic E-state index is 0.238. The Morgan fingerprint density at radius 2 is 1.92 bits per heavy atom. The fourth-order valence-corrected chi connectivity index (χ4v) is 1.31. The maximum atomic E-state index is 2.33. The van der Waals surface area contributed by atoms with Gasteiger partial charge < -0.3 is 0 Å².